The topological polar surface area (TPSA) is 59.9 Å². The van der Waals surface area contributed by atoms with Crippen LogP contribution < -0.4 is 10.1 Å². The van der Waals surface area contributed by atoms with Gasteiger partial charge in [0, 0.05) is 11.6 Å². The van der Waals surface area contributed by atoms with Gasteiger partial charge >= 0.3 is 0 Å². The van der Waals surface area contributed by atoms with Crippen LogP contribution in [0.15, 0.2) is 11.6 Å². The summed E-state index contributed by atoms with van der Waals surface area (Å²) in [5, 5.41) is 16.3. The van der Waals surface area contributed by atoms with Gasteiger partial charge in [-0.25, -0.2) is 4.98 Å². The first-order valence-corrected chi connectivity index (χ1v) is 7.97. The van der Waals surface area contributed by atoms with E-state index in [9.17, 15) is 0 Å². The summed E-state index contributed by atoms with van der Waals surface area (Å²) in [6.07, 6.45) is 2.81. The fourth-order valence-electron chi connectivity index (χ4n) is 1.61. The maximum absolute atomic E-state index is 5.32. The second kappa shape index (κ2) is 6.40. The number of ether oxygens (including phenoxy) is 1. The fraction of sp³-hybridized carbons (Fsp3) is 0.583. The van der Waals surface area contributed by atoms with E-state index < -0.39 is 0 Å². The van der Waals surface area contributed by atoms with Gasteiger partial charge in [-0.15, -0.1) is 21.5 Å². The summed E-state index contributed by atoms with van der Waals surface area (Å²) in [5.74, 6) is 0. The van der Waals surface area contributed by atoms with Crippen LogP contribution in [0.3, 0.4) is 0 Å². The largest absolute Gasteiger partial charge is 0.469 e. The molecule has 1 N–H and O–H groups in total. The van der Waals surface area contributed by atoms with Crippen LogP contribution in [-0.2, 0) is 12.1 Å². The highest BCUT2D eigenvalue weighted by Crippen LogP contribution is 2.27. The number of thiazole rings is 1. The van der Waals surface area contributed by atoms with Gasteiger partial charge in [0.2, 0.25) is 0 Å². The van der Waals surface area contributed by atoms with Crippen molar-refractivity contribution >= 4 is 22.7 Å². The fourth-order valence-corrected chi connectivity index (χ4v) is 3.14. The zero-order chi connectivity index (χ0) is 13.7. The molecule has 2 rings (SSSR count). The third-order valence-electron chi connectivity index (χ3n) is 2.96. The molecule has 2 heterocycles. The Morgan fingerprint density at radius 3 is 2.84 bits per heavy atom. The highest BCUT2D eigenvalue weighted by atomic mass is 32.1. The predicted molar refractivity (Wildman–Crippen MR) is 77.7 cm³/mol. The molecule has 0 aliphatic heterocycles. The summed E-state index contributed by atoms with van der Waals surface area (Å²) < 4.78 is 5.32. The quantitative estimate of drug-likeness (QED) is 0.851. The minimum Gasteiger partial charge on any atom is -0.469 e. The van der Waals surface area contributed by atoms with E-state index in [1.165, 1.54) is 11.3 Å². The number of rotatable bonds is 7. The maximum atomic E-state index is 5.32. The van der Waals surface area contributed by atoms with Crippen LogP contribution >= 0.6 is 22.7 Å². The Labute approximate surface area is 121 Å². The van der Waals surface area contributed by atoms with Crippen LogP contribution in [0.2, 0.25) is 0 Å². The van der Waals surface area contributed by atoms with Crippen LogP contribution in [0.4, 0.5) is 0 Å². The van der Waals surface area contributed by atoms with Gasteiger partial charge in [-0.3, -0.25) is 5.32 Å². The minimum absolute atomic E-state index is 0.119. The van der Waals surface area contributed by atoms with Gasteiger partial charge in [-0.1, -0.05) is 18.3 Å². The molecule has 0 fully saturated rings. The molecule has 5 nitrogen and oxygen atoms in total. The van der Waals surface area contributed by atoms with Crippen LogP contribution in [0.5, 0.6) is 5.19 Å². The molecule has 0 saturated carbocycles. The minimum atomic E-state index is -0.119. The maximum Gasteiger partial charge on any atom is 0.294 e. The van der Waals surface area contributed by atoms with Crippen molar-refractivity contribution in [2.45, 2.75) is 39.3 Å². The molecule has 19 heavy (non-hydrogen) atoms. The molecule has 0 radical (unpaired) electrons. The Kier molecular flexibility index (Phi) is 4.84. The highest BCUT2D eigenvalue weighted by Gasteiger charge is 2.26. The lowest BCUT2D eigenvalue weighted by atomic mass is 10.00. The summed E-state index contributed by atoms with van der Waals surface area (Å²) in [5.41, 5.74) is -0.119. The van der Waals surface area contributed by atoms with E-state index in [0.717, 1.165) is 16.4 Å². The monoisotopic (exact) mass is 298 g/mol. The molecule has 0 aliphatic carbocycles. The third kappa shape index (κ3) is 3.49. The number of hydrogen-bond donors (Lipinski definition) is 1. The average molecular weight is 298 g/mol. The predicted octanol–water partition coefficient (Wildman–Crippen LogP) is 2.81. The van der Waals surface area contributed by atoms with E-state index in [1.54, 1.807) is 11.3 Å². The molecule has 2 aromatic heterocycles. The summed E-state index contributed by atoms with van der Waals surface area (Å²) in [4.78, 5) is 4.40. The molecule has 0 spiro atoms. The second-order valence-corrected chi connectivity index (χ2v) is 6.19. The summed E-state index contributed by atoms with van der Waals surface area (Å²) in [6.45, 7) is 7.55. The van der Waals surface area contributed by atoms with Gasteiger partial charge in [-0.2, -0.15) is 0 Å². The molecular weight excluding hydrogens is 280 g/mol. The molecule has 0 bridgehead atoms. The summed E-state index contributed by atoms with van der Waals surface area (Å²) in [7, 11) is 0. The van der Waals surface area contributed by atoms with Gasteiger partial charge in [-0.05, 0) is 20.3 Å². The van der Waals surface area contributed by atoms with E-state index in [4.69, 9.17) is 4.74 Å². The SMILES string of the molecule is CCOc1nnc(CNC(C)(CC)c2nccs2)s1. The van der Waals surface area contributed by atoms with E-state index >= 15 is 0 Å². The van der Waals surface area contributed by atoms with Crippen molar-refractivity contribution < 1.29 is 4.74 Å². The smallest absolute Gasteiger partial charge is 0.294 e. The van der Waals surface area contributed by atoms with E-state index in [-0.39, 0.29) is 5.54 Å². The van der Waals surface area contributed by atoms with Crippen molar-refractivity contribution in [3.05, 3.63) is 21.6 Å². The summed E-state index contributed by atoms with van der Waals surface area (Å²) >= 11 is 3.15. The molecule has 0 amide bonds. The lowest BCUT2D eigenvalue weighted by Gasteiger charge is -2.26. The first-order chi connectivity index (χ1) is 9.18. The lowest BCUT2D eigenvalue weighted by molar-refractivity contribution is 0.335. The third-order valence-corrected chi connectivity index (χ3v) is 4.83. The number of aromatic nitrogens is 3. The van der Waals surface area contributed by atoms with Gasteiger partial charge in [0.1, 0.15) is 10.0 Å². The van der Waals surface area contributed by atoms with Gasteiger partial charge in [0.25, 0.3) is 5.19 Å². The van der Waals surface area contributed by atoms with Crippen LogP contribution in [-0.4, -0.2) is 21.8 Å². The first kappa shape index (κ1) is 14.4. The van der Waals surface area contributed by atoms with E-state index in [2.05, 4.69) is 34.3 Å². The second-order valence-electron chi connectivity index (χ2n) is 4.27. The molecule has 0 aromatic carbocycles. The number of nitrogens with one attached hydrogen (secondary N) is 1. The van der Waals surface area contributed by atoms with E-state index in [1.807, 2.05) is 18.5 Å². The van der Waals surface area contributed by atoms with Crippen molar-refractivity contribution in [2.75, 3.05) is 6.61 Å². The van der Waals surface area contributed by atoms with Crippen molar-refractivity contribution in [2.24, 2.45) is 0 Å². The Bertz CT molecular complexity index is 500. The molecule has 1 unspecified atom stereocenters. The Balaban J connectivity index is 1.99. The molecule has 104 valence electrons. The molecule has 0 aliphatic rings. The summed E-state index contributed by atoms with van der Waals surface area (Å²) in [6, 6.07) is 0. The van der Waals surface area contributed by atoms with Gasteiger partial charge in [0.05, 0.1) is 18.7 Å². The lowest BCUT2D eigenvalue weighted by Crippen LogP contribution is -2.38. The van der Waals surface area contributed by atoms with Gasteiger partial charge in [0.15, 0.2) is 0 Å². The van der Waals surface area contributed by atoms with Crippen LogP contribution in [0.1, 0.15) is 37.2 Å². The Hall–Kier alpha value is -1.05. The van der Waals surface area contributed by atoms with E-state index in [0.29, 0.717) is 18.3 Å². The molecule has 0 saturated heterocycles. The molecular formula is C12H18N4OS2. The van der Waals surface area contributed by atoms with Crippen molar-refractivity contribution in [3.8, 4) is 5.19 Å². The van der Waals surface area contributed by atoms with Crippen molar-refractivity contribution in [1.82, 2.24) is 20.5 Å². The Morgan fingerprint density at radius 1 is 1.37 bits per heavy atom. The zero-order valence-electron chi connectivity index (χ0n) is 11.3. The number of nitrogens with zero attached hydrogens (tertiary/aromatic N) is 3. The van der Waals surface area contributed by atoms with Crippen molar-refractivity contribution in [3.63, 3.8) is 0 Å². The normalized spacial score (nSPS) is 14.3. The highest BCUT2D eigenvalue weighted by molar-refractivity contribution is 7.13. The molecule has 2 aromatic rings. The average Bonchev–Trinajstić information content (AvgIpc) is 3.08. The van der Waals surface area contributed by atoms with Crippen LogP contribution in [0, 0.1) is 0 Å². The zero-order valence-corrected chi connectivity index (χ0v) is 13.0. The molecule has 1 atom stereocenters. The first-order valence-electron chi connectivity index (χ1n) is 6.28. The van der Waals surface area contributed by atoms with Crippen LogP contribution in [0.25, 0.3) is 0 Å². The standard InChI is InChI=1S/C12H18N4OS2/c1-4-12(3,10-13-6-7-18-10)14-8-9-15-16-11(19-9)17-5-2/h6-7,14H,4-5,8H2,1-3H3. The Morgan fingerprint density at radius 2 is 2.21 bits per heavy atom. The van der Waals surface area contributed by atoms with Gasteiger partial charge < -0.3 is 4.74 Å². The number of hydrogen-bond acceptors (Lipinski definition) is 7. The molecule has 7 heteroatoms. The van der Waals surface area contributed by atoms with Crippen molar-refractivity contribution in [1.29, 1.82) is 0 Å².